The summed E-state index contributed by atoms with van der Waals surface area (Å²) in [6, 6.07) is 4.33. The van der Waals surface area contributed by atoms with Crippen molar-refractivity contribution in [3.63, 3.8) is 0 Å². The van der Waals surface area contributed by atoms with Gasteiger partial charge in [-0.1, -0.05) is 6.07 Å². The molecule has 6 nitrogen and oxygen atoms in total. The summed E-state index contributed by atoms with van der Waals surface area (Å²) in [4.78, 5) is 15.7. The Kier molecular flexibility index (Phi) is 6.27. The molecule has 7 heteroatoms. The number of carbonyl (C=O) groups is 1. The first-order chi connectivity index (χ1) is 11.3. The second kappa shape index (κ2) is 8.63. The van der Waals surface area contributed by atoms with Gasteiger partial charge >= 0.3 is 6.03 Å². The van der Waals surface area contributed by atoms with E-state index in [0.29, 0.717) is 19.0 Å². The molecule has 3 rings (SSSR count). The molecule has 0 aromatic carbocycles. The number of hydrogen-bond donors (Lipinski definition) is 2. The summed E-state index contributed by atoms with van der Waals surface area (Å²) >= 11 is 1.74. The predicted molar refractivity (Wildman–Crippen MR) is 89.8 cm³/mol. The first kappa shape index (κ1) is 16.7. The summed E-state index contributed by atoms with van der Waals surface area (Å²) in [6.45, 7) is 6.21. The molecule has 0 saturated carbocycles. The molecule has 3 heterocycles. The second-order valence-electron chi connectivity index (χ2n) is 6.00. The smallest absolute Gasteiger partial charge is 0.314 e. The number of nitrogens with zero attached hydrogens (tertiary/aromatic N) is 1. The average molecular weight is 339 g/mol. The van der Waals surface area contributed by atoms with Gasteiger partial charge in [0.2, 0.25) is 0 Å². The van der Waals surface area contributed by atoms with Crippen LogP contribution in [0, 0.1) is 5.92 Å². The molecule has 2 aliphatic rings. The molecule has 2 N–H and O–H groups in total. The van der Waals surface area contributed by atoms with Gasteiger partial charge < -0.3 is 20.1 Å². The van der Waals surface area contributed by atoms with Crippen molar-refractivity contribution < 1.29 is 14.3 Å². The van der Waals surface area contributed by atoms with Crippen LogP contribution < -0.4 is 10.6 Å². The molecule has 2 amide bonds. The van der Waals surface area contributed by atoms with E-state index >= 15 is 0 Å². The lowest BCUT2D eigenvalue weighted by atomic mass is 10.1. The summed E-state index contributed by atoms with van der Waals surface area (Å²) in [5.74, 6) is 0.452. The van der Waals surface area contributed by atoms with Crippen LogP contribution in [-0.4, -0.2) is 63.5 Å². The highest BCUT2D eigenvalue weighted by molar-refractivity contribution is 7.10. The van der Waals surface area contributed by atoms with E-state index in [0.717, 1.165) is 45.9 Å². The molecule has 2 atom stereocenters. The standard InChI is InChI=1S/C16H25N3O3S/c20-16(17-10-13-3-6-22-12-13)18-11-14(15-2-1-9-23-15)19-4-7-21-8-5-19/h1-2,9,13-14H,3-8,10-12H2,(H2,17,18,20)/t13-,14+/m0/s1. The zero-order valence-electron chi connectivity index (χ0n) is 13.3. The number of morpholine rings is 1. The van der Waals surface area contributed by atoms with Crippen molar-refractivity contribution in [3.8, 4) is 0 Å². The molecule has 0 aliphatic carbocycles. The van der Waals surface area contributed by atoms with Crippen LogP contribution in [0.4, 0.5) is 4.79 Å². The molecule has 0 radical (unpaired) electrons. The van der Waals surface area contributed by atoms with Crippen LogP contribution in [0.1, 0.15) is 17.3 Å². The Hall–Kier alpha value is -1.15. The van der Waals surface area contributed by atoms with E-state index in [1.165, 1.54) is 4.88 Å². The van der Waals surface area contributed by atoms with Crippen molar-refractivity contribution in [2.24, 2.45) is 5.92 Å². The van der Waals surface area contributed by atoms with E-state index < -0.39 is 0 Å². The Morgan fingerprint density at radius 3 is 2.87 bits per heavy atom. The van der Waals surface area contributed by atoms with Crippen LogP contribution in [0.3, 0.4) is 0 Å². The minimum absolute atomic E-state index is 0.0910. The van der Waals surface area contributed by atoms with Crippen LogP contribution in [0.2, 0.25) is 0 Å². The van der Waals surface area contributed by atoms with Gasteiger partial charge in [0.15, 0.2) is 0 Å². The number of nitrogens with one attached hydrogen (secondary N) is 2. The number of urea groups is 1. The van der Waals surface area contributed by atoms with Gasteiger partial charge in [0.05, 0.1) is 25.9 Å². The van der Waals surface area contributed by atoms with Crippen LogP contribution in [-0.2, 0) is 9.47 Å². The second-order valence-corrected chi connectivity index (χ2v) is 6.98. The van der Waals surface area contributed by atoms with Crippen LogP contribution in [0.5, 0.6) is 0 Å². The van der Waals surface area contributed by atoms with Crippen molar-refractivity contribution in [2.45, 2.75) is 12.5 Å². The minimum atomic E-state index is -0.0910. The van der Waals surface area contributed by atoms with Gasteiger partial charge in [0, 0.05) is 43.6 Å². The Balaban J connectivity index is 1.48. The van der Waals surface area contributed by atoms with Gasteiger partial charge in [-0.2, -0.15) is 0 Å². The fourth-order valence-corrected chi connectivity index (χ4v) is 3.87. The predicted octanol–water partition coefficient (Wildman–Crippen LogP) is 1.46. The Bertz CT molecular complexity index is 471. The van der Waals surface area contributed by atoms with Crippen LogP contribution in [0.15, 0.2) is 17.5 Å². The molecule has 2 aliphatic heterocycles. The van der Waals surface area contributed by atoms with E-state index in [1.807, 2.05) is 0 Å². The summed E-state index contributed by atoms with van der Waals surface area (Å²) in [5.41, 5.74) is 0. The van der Waals surface area contributed by atoms with Gasteiger partial charge in [-0.15, -0.1) is 11.3 Å². The minimum Gasteiger partial charge on any atom is -0.381 e. The molecule has 0 spiro atoms. The van der Waals surface area contributed by atoms with Crippen molar-refractivity contribution in [3.05, 3.63) is 22.4 Å². The number of amides is 2. The Morgan fingerprint density at radius 2 is 2.17 bits per heavy atom. The third-order valence-corrected chi connectivity index (χ3v) is 5.36. The van der Waals surface area contributed by atoms with E-state index in [-0.39, 0.29) is 12.1 Å². The largest absolute Gasteiger partial charge is 0.381 e. The number of rotatable bonds is 6. The maximum absolute atomic E-state index is 12.1. The van der Waals surface area contributed by atoms with Crippen molar-refractivity contribution >= 4 is 17.4 Å². The summed E-state index contributed by atoms with van der Waals surface area (Å²) in [7, 11) is 0. The molecule has 0 bridgehead atoms. The maximum Gasteiger partial charge on any atom is 0.314 e. The summed E-state index contributed by atoms with van der Waals surface area (Å²) < 4.78 is 10.8. The van der Waals surface area contributed by atoms with Gasteiger partial charge in [-0.25, -0.2) is 4.79 Å². The number of carbonyl (C=O) groups excluding carboxylic acids is 1. The lowest BCUT2D eigenvalue weighted by Gasteiger charge is -2.34. The first-order valence-corrected chi connectivity index (χ1v) is 9.15. The highest BCUT2D eigenvalue weighted by Crippen LogP contribution is 2.25. The number of hydrogen-bond acceptors (Lipinski definition) is 5. The Labute approximate surface area is 141 Å². The van der Waals surface area contributed by atoms with Crippen LogP contribution >= 0.6 is 11.3 Å². The lowest BCUT2D eigenvalue weighted by molar-refractivity contribution is 0.0174. The van der Waals surface area contributed by atoms with E-state index in [9.17, 15) is 4.79 Å². The third-order valence-electron chi connectivity index (χ3n) is 4.39. The van der Waals surface area contributed by atoms with E-state index in [4.69, 9.17) is 9.47 Å². The maximum atomic E-state index is 12.1. The molecular formula is C16H25N3O3S. The van der Waals surface area contributed by atoms with Crippen molar-refractivity contribution in [2.75, 3.05) is 52.6 Å². The zero-order chi connectivity index (χ0) is 15.9. The van der Waals surface area contributed by atoms with E-state index in [1.54, 1.807) is 11.3 Å². The number of ether oxygens (including phenoxy) is 2. The fraction of sp³-hybridized carbons (Fsp3) is 0.688. The molecule has 0 unspecified atom stereocenters. The van der Waals surface area contributed by atoms with Gasteiger partial charge in [-0.05, 0) is 17.9 Å². The SMILES string of the molecule is O=C(NC[C@@H]1CCOC1)NC[C@H](c1cccs1)N1CCOCC1. The summed E-state index contributed by atoms with van der Waals surface area (Å²) in [5, 5.41) is 8.07. The van der Waals surface area contributed by atoms with E-state index in [2.05, 4.69) is 33.0 Å². The quantitative estimate of drug-likeness (QED) is 0.824. The fourth-order valence-electron chi connectivity index (χ4n) is 3.01. The Morgan fingerprint density at radius 1 is 1.30 bits per heavy atom. The summed E-state index contributed by atoms with van der Waals surface area (Å²) in [6.07, 6.45) is 1.03. The molecular weight excluding hydrogens is 314 g/mol. The van der Waals surface area contributed by atoms with Gasteiger partial charge in [-0.3, -0.25) is 4.90 Å². The molecule has 1 aromatic rings. The normalized spacial score (nSPS) is 23.6. The van der Waals surface area contributed by atoms with Crippen molar-refractivity contribution in [1.82, 2.24) is 15.5 Å². The zero-order valence-corrected chi connectivity index (χ0v) is 14.1. The van der Waals surface area contributed by atoms with Crippen LogP contribution in [0.25, 0.3) is 0 Å². The topological polar surface area (TPSA) is 62.8 Å². The number of thiophene rings is 1. The molecule has 23 heavy (non-hydrogen) atoms. The highest BCUT2D eigenvalue weighted by atomic mass is 32.1. The monoisotopic (exact) mass is 339 g/mol. The molecule has 128 valence electrons. The first-order valence-electron chi connectivity index (χ1n) is 8.27. The molecule has 2 fully saturated rings. The van der Waals surface area contributed by atoms with Gasteiger partial charge in [0.1, 0.15) is 0 Å². The third kappa shape index (κ3) is 4.91. The highest BCUT2D eigenvalue weighted by Gasteiger charge is 2.24. The van der Waals surface area contributed by atoms with Gasteiger partial charge in [0.25, 0.3) is 0 Å². The molecule has 2 saturated heterocycles. The van der Waals surface area contributed by atoms with Crippen molar-refractivity contribution in [1.29, 1.82) is 0 Å². The molecule has 1 aromatic heterocycles. The lowest BCUT2D eigenvalue weighted by Crippen LogP contribution is -2.46. The average Bonchev–Trinajstić information content (AvgIpc) is 3.28.